The van der Waals surface area contributed by atoms with Crippen LogP contribution in [0.25, 0.3) is 0 Å². The van der Waals surface area contributed by atoms with Crippen molar-refractivity contribution in [3.63, 3.8) is 0 Å². The van der Waals surface area contributed by atoms with Crippen LogP contribution < -0.4 is 5.32 Å². The third kappa shape index (κ3) is 2.62. The highest BCUT2D eigenvalue weighted by atomic mass is 32.1. The summed E-state index contributed by atoms with van der Waals surface area (Å²) in [6, 6.07) is 0. The summed E-state index contributed by atoms with van der Waals surface area (Å²) in [4.78, 5) is 4.53. The predicted octanol–water partition coefficient (Wildman–Crippen LogP) is 2.10. The molecule has 0 aromatic carbocycles. The molecule has 1 aromatic heterocycles. The van der Waals surface area contributed by atoms with E-state index in [2.05, 4.69) is 22.6 Å². The van der Waals surface area contributed by atoms with Gasteiger partial charge in [-0.25, -0.2) is 4.98 Å². The summed E-state index contributed by atoms with van der Waals surface area (Å²) >= 11 is 1.72. The van der Waals surface area contributed by atoms with E-state index in [1.807, 2.05) is 0 Å². The molecule has 1 aromatic rings. The first-order valence-electron chi connectivity index (χ1n) is 6.07. The molecule has 3 nitrogen and oxygen atoms in total. The number of aliphatic hydroxyl groups excluding tert-OH is 1. The molecule has 1 fully saturated rings. The minimum absolute atomic E-state index is 0.0318. The van der Waals surface area contributed by atoms with Gasteiger partial charge < -0.3 is 10.4 Å². The van der Waals surface area contributed by atoms with Crippen molar-refractivity contribution in [3.8, 4) is 0 Å². The zero-order valence-electron chi connectivity index (χ0n) is 9.83. The van der Waals surface area contributed by atoms with Gasteiger partial charge in [0.15, 0.2) is 0 Å². The van der Waals surface area contributed by atoms with Gasteiger partial charge in [0.2, 0.25) is 0 Å². The van der Waals surface area contributed by atoms with Crippen molar-refractivity contribution < 1.29 is 5.11 Å². The van der Waals surface area contributed by atoms with Gasteiger partial charge in [-0.05, 0) is 19.3 Å². The molecule has 1 aliphatic rings. The van der Waals surface area contributed by atoms with Crippen molar-refractivity contribution in [2.45, 2.75) is 51.1 Å². The second-order valence-electron chi connectivity index (χ2n) is 4.59. The molecule has 0 unspecified atom stereocenters. The molecule has 0 bridgehead atoms. The Kier molecular flexibility index (Phi) is 3.95. The van der Waals surface area contributed by atoms with Crippen LogP contribution in [0.15, 0.2) is 5.38 Å². The maximum absolute atomic E-state index is 9.47. The Balaban J connectivity index is 1.90. The number of nitrogens with one attached hydrogen (secondary N) is 1. The van der Waals surface area contributed by atoms with Gasteiger partial charge in [-0.3, -0.25) is 0 Å². The number of aliphatic hydroxyl groups is 1. The van der Waals surface area contributed by atoms with Crippen molar-refractivity contribution in [2.24, 2.45) is 0 Å². The molecule has 2 N–H and O–H groups in total. The Morgan fingerprint density at radius 3 is 2.81 bits per heavy atom. The number of aryl methyl sites for hydroxylation is 1. The van der Waals surface area contributed by atoms with E-state index in [1.165, 1.54) is 17.8 Å². The smallest absolute Gasteiger partial charge is 0.0926 e. The monoisotopic (exact) mass is 240 g/mol. The van der Waals surface area contributed by atoms with Crippen LogP contribution in [0.1, 0.15) is 43.3 Å². The summed E-state index contributed by atoms with van der Waals surface area (Å²) in [6.07, 6.45) is 5.65. The van der Waals surface area contributed by atoms with Gasteiger partial charge in [0.1, 0.15) is 0 Å². The summed E-state index contributed by atoms with van der Waals surface area (Å²) in [5.74, 6) is 0. The van der Waals surface area contributed by atoms with E-state index in [1.54, 1.807) is 11.3 Å². The number of thiazole rings is 1. The Bertz CT molecular complexity index is 332. The summed E-state index contributed by atoms with van der Waals surface area (Å²) < 4.78 is 0. The highest BCUT2D eigenvalue weighted by molar-refractivity contribution is 7.09. The largest absolute Gasteiger partial charge is 0.394 e. The molecule has 1 aliphatic carbocycles. The number of rotatable bonds is 5. The van der Waals surface area contributed by atoms with Crippen molar-refractivity contribution in [1.82, 2.24) is 10.3 Å². The lowest BCUT2D eigenvalue weighted by Crippen LogP contribution is -2.45. The molecular weight excluding hydrogens is 220 g/mol. The van der Waals surface area contributed by atoms with Crippen LogP contribution in [0.4, 0.5) is 0 Å². The van der Waals surface area contributed by atoms with Crippen LogP contribution in [0, 0.1) is 0 Å². The average Bonchev–Trinajstić information content (AvgIpc) is 2.96. The maximum atomic E-state index is 9.47. The van der Waals surface area contributed by atoms with Crippen molar-refractivity contribution in [3.05, 3.63) is 16.1 Å². The molecule has 1 heterocycles. The van der Waals surface area contributed by atoms with E-state index in [9.17, 15) is 5.11 Å². The lowest BCUT2D eigenvalue weighted by molar-refractivity contribution is 0.162. The quantitative estimate of drug-likeness (QED) is 0.828. The summed E-state index contributed by atoms with van der Waals surface area (Å²) in [6.45, 7) is 3.16. The fraction of sp³-hybridized carbons (Fsp3) is 0.750. The molecular formula is C12H20N2OS. The molecule has 1 saturated carbocycles. The van der Waals surface area contributed by atoms with E-state index in [0.717, 1.165) is 31.5 Å². The van der Waals surface area contributed by atoms with Gasteiger partial charge in [-0.2, -0.15) is 0 Å². The Hall–Kier alpha value is -0.450. The second-order valence-corrected chi connectivity index (χ2v) is 5.53. The number of nitrogens with zero attached hydrogens (tertiary/aromatic N) is 1. The highest BCUT2D eigenvalue weighted by Crippen LogP contribution is 2.29. The third-order valence-corrected chi connectivity index (χ3v) is 4.45. The van der Waals surface area contributed by atoms with E-state index in [-0.39, 0.29) is 12.1 Å². The molecule has 0 saturated heterocycles. The maximum Gasteiger partial charge on any atom is 0.0926 e. The SMILES string of the molecule is CCc1nc(CNC2(CO)CCCC2)cs1. The first-order chi connectivity index (χ1) is 7.78. The minimum Gasteiger partial charge on any atom is -0.394 e. The number of hydrogen-bond donors (Lipinski definition) is 2. The van der Waals surface area contributed by atoms with E-state index < -0.39 is 0 Å². The summed E-state index contributed by atoms with van der Waals surface area (Å²) in [7, 11) is 0. The molecule has 0 spiro atoms. The molecule has 0 atom stereocenters. The molecule has 0 aliphatic heterocycles. The van der Waals surface area contributed by atoms with Gasteiger partial charge in [0, 0.05) is 17.5 Å². The van der Waals surface area contributed by atoms with E-state index in [4.69, 9.17) is 0 Å². The van der Waals surface area contributed by atoms with Gasteiger partial charge in [0.25, 0.3) is 0 Å². The van der Waals surface area contributed by atoms with Crippen LogP contribution in [0.2, 0.25) is 0 Å². The summed E-state index contributed by atoms with van der Waals surface area (Å²) in [5.41, 5.74) is 1.08. The molecule has 2 rings (SSSR count). The highest BCUT2D eigenvalue weighted by Gasteiger charge is 2.32. The molecule has 0 radical (unpaired) electrons. The Morgan fingerprint density at radius 1 is 1.50 bits per heavy atom. The summed E-state index contributed by atoms with van der Waals surface area (Å²) in [5, 5.41) is 16.3. The molecule has 0 amide bonds. The van der Waals surface area contributed by atoms with Crippen LogP contribution in [0.5, 0.6) is 0 Å². The molecule has 16 heavy (non-hydrogen) atoms. The van der Waals surface area contributed by atoms with Crippen LogP contribution >= 0.6 is 11.3 Å². The van der Waals surface area contributed by atoms with Crippen LogP contribution in [-0.4, -0.2) is 22.2 Å². The fourth-order valence-corrected chi connectivity index (χ4v) is 3.06. The van der Waals surface area contributed by atoms with E-state index in [0.29, 0.717) is 0 Å². The fourth-order valence-electron chi connectivity index (χ4n) is 2.31. The van der Waals surface area contributed by atoms with Crippen molar-refractivity contribution >= 4 is 11.3 Å². The van der Waals surface area contributed by atoms with Crippen molar-refractivity contribution in [2.75, 3.05) is 6.61 Å². The lowest BCUT2D eigenvalue weighted by atomic mass is 9.99. The van der Waals surface area contributed by atoms with Crippen LogP contribution in [-0.2, 0) is 13.0 Å². The zero-order valence-corrected chi connectivity index (χ0v) is 10.6. The predicted molar refractivity (Wildman–Crippen MR) is 66.6 cm³/mol. The standard InChI is InChI=1S/C12H20N2OS/c1-2-11-14-10(8-16-11)7-13-12(9-15)5-3-4-6-12/h8,13,15H,2-7,9H2,1H3. The topological polar surface area (TPSA) is 45.2 Å². The molecule has 90 valence electrons. The van der Waals surface area contributed by atoms with E-state index >= 15 is 0 Å². The minimum atomic E-state index is -0.0318. The average molecular weight is 240 g/mol. The van der Waals surface area contributed by atoms with Gasteiger partial charge in [-0.1, -0.05) is 19.8 Å². The van der Waals surface area contributed by atoms with Crippen LogP contribution in [0.3, 0.4) is 0 Å². The van der Waals surface area contributed by atoms with Gasteiger partial charge >= 0.3 is 0 Å². The van der Waals surface area contributed by atoms with Crippen molar-refractivity contribution in [1.29, 1.82) is 0 Å². The zero-order chi connectivity index (χ0) is 11.4. The molecule has 4 heteroatoms. The third-order valence-electron chi connectivity index (χ3n) is 3.41. The Morgan fingerprint density at radius 2 is 2.25 bits per heavy atom. The number of hydrogen-bond acceptors (Lipinski definition) is 4. The first kappa shape index (κ1) is 12.0. The van der Waals surface area contributed by atoms with Gasteiger partial charge in [0.05, 0.1) is 17.3 Å². The Labute approximate surface area is 101 Å². The lowest BCUT2D eigenvalue weighted by Gasteiger charge is -2.27. The first-order valence-corrected chi connectivity index (χ1v) is 6.95. The second kappa shape index (κ2) is 5.25. The number of aromatic nitrogens is 1. The normalized spacial score (nSPS) is 19.1. The van der Waals surface area contributed by atoms with Gasteiger partial charge in [-0.15, -0.1) is 11.3 Å².